The van der Waals surface area contributed by atoms with Crippen LogP contribution in [0, 0.1) is 23.0 Å². The van der Waals surface area contributed by atoms with Gasteiger partial charge in [-0.1, -0.05) is 6.07 Å². The zero-order valence-corrected chi connectivity index (χ0v) is 9.15. The molecule has 5 heteroatoms. The molecule has 18 heavy (non-hydrogen) atoms. The van der Waals surface area contributed by atoms with Gasteiger partial charge in [0, 0.05) is 6.07 Å². The summed E-state index contributed by atoms with van der Waals surface area (Å²) in [7, 11) is 0. The van der Waals surface area contributed by atoms with E-state index < -0.39 is 11.6 Å². The van der Waals surface area contributed by atoms with Crippen LogP contribution in [0.15, 0.2) is 36.4 Å². The standard InChI is InChI=1S/C13H8F2N2O/c14-8-4-5-13(11(17)6-8)18-12-3-1-2-10(15)9(12)7-16/h1-6H,17H2. The second-order valence-electron chi connectivity index (χ2n) is 3.51. The lowest BCUT2D eigenvalue weighted by Crippen LogP contribution is -1.95. The topological polar surface area (TPSA) is 59.0 Å². The van der Waals surface area contributed by atoms with Crippen LogP contribution in [0.1, 0.15) is 5.56 Å². The Bertz CT molecular complexity index is 635. The van der Waals surface area contributed by atoms with Crippen LogP contribution in [0.4, 0.5) is 14.5 Å². The summed E-state index contributed by atoms with van der Waals surface area (Å²) in [5.41, 5.74) is 5.41. The van der Waals surface area contributed by atoms with Crippen molar-refractivity contribution in [3.8, 4) is 17.6 Å². The molecular weight excluding hydrogens is 238 g/mol. The van der Waals surface area contributed by atoms with Gasteiger partial charge in [-0.3, -0.25) is 0 Å². The molecule has 2 N–H and O–H groups in total. The number of halogens is 2. The van der Waals surface area contributed by atoms with Gasteiger partial charge >= 0.3 is 0 Å². The zero-order valence-electron chi connectivity index (χ0n) is 9.15. The fourth-order valence-electron chi connectivity index (χ4n) is 1.43. The van der Waals surface area contributed by atoms with Gasteiger partial charge in [0.1, 0.15) is 29.0 Å². The lowest BCUT2D eigenvalue weighted by atomic mass is 10.2. The minimum atomic E-state index is -0.685. The van der Waals surface area contributed by atoms with Gasteiger partial charge in [0.2, 0.25) is 0 Å². The number of nitrogens with zero attached hydrogens (tertiary/aromatic N) is 1. The molecule has 3 nitrogen and oxygen atoms in total. The lowest BCUT2D eigenvalue weighted by Gasteiger charge is -2.09. The first-order chi connectivity index (χ1) is 8.61. The maximum Gasteiger partial charge on any atom is 0.150 e. The highest BCUT2D eigenvalue weighted by molar-refractivity contribution is 5.55. The molecule has 0 spiro atoms. The molecular formula is C13H8F2N2O. The number of benzene rings is 2. The van der Waals surface area contributed by atoms with Crippen LogP contribution < -0.4 is 10.5 Å². The van der Waals surface area contributed by atoms with Crippen molar-refractivity contribution in [1.29, 1.82) is 5.26 Å². The Labute approximate surface area is 102 Å². The molecule has 2 rings (SSSR count). The fraction of sp³-hybridized carbons (Fsp3) is 0. The fourth-order valence-corrected chi connectivity index (χ4v) is 1.43. The number of hydrogen-bond donors (Lipinski definition) is 1. The van der Waals surface area contributed by atoms with E-state index in [1.54, 1.807) is 6.07 Å². The van der Waals surface area contributed by atoms with Crippen molar-refractivity contribution in [2.75, 3.05) is 5.73 Å². The Morgan fingerprint density at radius 2 is 1.89 bits per heavy atom. The number of nitriles is 1. The smallest absolute Gasteiger partial charge is 0.150 e. The second-order valence-corrected chi connectivity index (χ2v) is 3.51. The molecule has 0 aliphatic heterocycles. The molecule has 0 saturated carbocycles. The highest BCUT2D eigenvalue weighted by Crippen LogP contribution is 2.30. The van der Waals surface area contributed by atoms with E-state index in [-0.39, 0.29) is 22.7 Å². The SMILES string of the molecule is N#Cc1c(F)cccc1Oc1ccc(F)cc1N. The highest BCUT2D eigenvalue weighted by atomic mass is 19.1. The van der Waals surface area contributed by atoms with Crippen molar-refractivity contribution >= 4 is 5.69 Å². The van der Waals surface area contributed by atoms with Crippen molar-refractivity contribution in [3.05, 3.63) is 53.6 Å². The molecule has 0 bridgehead atoms. The van der Waals surface area contributed by atoms with Gasteiger partial charge in [0.25, 0.3) is 0 Å². The Balaban J connectivity index is 2.41. The van der Waals surface area contributed by atoms with E-state index in [1.165, 1.54) is 18.2 Å². The van der Waals surface area contributed by atoms with Gasteiger partial charge < -0.3 is 10.5 Å². The number of nitrogens with two attached hydrogens (primary N) is 1. The number of nitrogen functional groups attached to an aromatic ring is 1. The quantitative estimate of drug-likeness (QED) is 0.827. The predicted octanol–water partition coefficient (Wildman–Crippen LogP) is 3.21. The summed E-state index contributed by atoms with van der Waals surface area (Å²) in [5, 5.41) is 8.83. The molecule has 0 aliphatic rings. The van der Waals surface area contributed by atoms with Crippen molar-refractivity contribution in [2.24, 2.45) is 0 Å². The average molecular weight is 246 g/mol. The molecule has 0 unspecified atom stereocenters. The van der Waals surface area contributed by atoms with E-state index in [0.717, 1.165) is 18.2 Å². The van der Waals surface area contributed by atoms with E-state index in [2.05, 4.69) is 0 Å². The molecule has 0 aliphatic carbocycles. The van der Waals surface area contributed by atoms with Crippen LogP contribution in [-0.2, 0) is 0 Å². The minimum Gasteiger partial charge on any atom is -0.454 e. The van der Waals surface area contributed by atoms with E-state index in [4.69, 9.17) is 15.7 Å². The predicted molar refractivity (Wildman–Crippen MR) is 62.0 cm³/mol. The molecule has 0 saturated heterocycles. The number of anilines is 1. The Hall–Kier alpha value is -2.61. The minimum absolute atomic E-state index is 0.0378. The monoisotopic (exact) mass is 246 g/mol. The summed E-state index contributed by atoms with van der Waals surface area (Å²) in [4.78, 5) is 0. The first-order valence-corrected chi connectivity index (χ1v) is 5.03. The third-order valence-corrected chi connectivity index (χ3v) is 2.28. The van der Waals surface area contributed by atoms with E-state index in [1.807, 2.05) is 0 Å². The van der Waals surface area contributed by atoms with Crippen molar-refractivity contribution < 1.29 is 13.5 Å². The van der Waals surface area contributed by atoms with Crippen molar-refractivity contribution in [1.82, 2.24) is 0 Å². The van der Waals surface area contributed by atoms with Gasteiger partial charge in [-0.15, -0.1) is 0 Å². The lowest BCUT2D eigenvalue weighted by molar-refractivity contribution is 0.475. The van der Waals surface area contributed by atoms with Gasteiger partial charge in [-0.2, -0.15) is 5.26 Å². The normalized spacial score (nSPS) is 9.83. The summed E-state index contributed by atoms with van der Waals surface area (Å²) in [5.74, 6) is -0.982. The van der Waals surface area contributed by atoms with Gasteiger partial charge in [0.15, 0.2) is 5.75 Å². The van der Waals surface area contributed by atoms with Crippen LogP contribution in [0.5, 0.6) is 11.5 Å². The summed E-state index contributed by atoms with van der Waals surface area (Å²) < 4.78 is 31.5. The molecule has 0 radical (unpaired) electrons. The van der Waals surface area contributed by atoms with E-state index in [0.29, 0.717) is 0 Å². The number of hydrogen-bond acceptors (Lipinski definition) is 3. The molecule has 0 aromatic heterocycles. The van der Waals surface area contributed by atoms with Crippen LogP contribution in [-0.4, -0.2) is 0 Å². The van der Waals surface area contributed by atoms with Crippen molar-refractivity contribution in [2.45, 2.75) is 0 Å². The summed E-state index contributed by atoms with van der Waals surface area (Å²) in [6.45, 7) is 0. The Kier molecular flexibility index (Phi) is 3.11. The second kappa shape index (κ2) is 4.72. The third kappa shape index (κ3) is 2.23. The first kappa shape index (κ1) is 11.9. The summed E-state index contributed by atoms with van der Waals surface area (Å²) in [6, 6.07) is 9.26. The summed E-state index contributed by atoms with van der Waals surface area (Å²) >= 11 is 0. The molecule has 0 atom stereocenters. The molecule has 0 fully saturated rings. The first-order valence-electron chi connectivity index (χ1n) is 5.03. The zero-order chi connectivity index (χ0) is 13.1. The maximum absolute atomic E-state index is 13.3. The summed E-state index contributed by atoms with van der Waals surface area (Å²) in [6.07, 6.45) is 0. The third-order valence-electron chi connectivity index (χ3n) is 2.28. The number of rotatable bonds is 2. The molecule has 2 aromatic rings. The Morgan fingerprint density at radius 1 is 1.11 bits per heavy atom. The number of ether oxygens (including phenoxy) is 1. The Morgan fingerprint density at radius 3 is 2.56 bits per heavy atom. The molecule has 0 heterocycles. The van der Waals surface area contributed by atoms with Gasteiger partial charge in [-0.05, 0) is 24.3 Å². The van der Waals surface area contributed by atoms with E-state index >= 15 is 0 Å². The van der Waals surface area contributed by atoms with Crippen LogP contribution in [0.3, 0.4) is 0 Å². The largest absolute Gasteiger partial charge is 0.454 e. The molecule has 2 aromatic carbocycles. The van der Waals surface area contributed by atoms with Crippen molar-refractivity contribution in [3.63, 3.8) is 0 Å². The van der Waals surface area contributed by atoms with Gasteiger partial charge in [-0.25, -0.2) is 8.78 Å². The van der Waals surface area contributed by atoms with Gasteiger partial charge in [0.05, 0.1) is 5.69 Å². The van der Waals surface area contributed by atoms with Crippen LogP contribution >= 0.6 is 0 Å². The maximum atomic E-state index is 13.3. The average Bonchev–Trinajstić information content (AvgIpc) is 2.33. The van der Waals surface area contributed by atoms with Crippen LogP contribution in [0.2, 0.25) is 0 Å². The molecule has 0 amide bonds. The van der Waals surface area contributed by atoms with E-state index in [9.17, 15) is 8.78 Å². The highest BCUT2D eigenvalue weighted by Gasteiger charge is 2.11. The molecule has 90 valence electrons. The van der Waals surface area contributed by atoms with Crippen LogP contribution in [0.25, 0.3) is 0 Å².